The molecule has 0 saturated carbocycles. The van der Waals surface area contributed by atoms with Crippen molar-refractivity contribution in [2.45, 2.75) is 32.2 Å². The molecule has 120 valence electrons. The lowest BCUT2D eigenvalue weighted by molar-refractivity contribution is 0.0918. The Hall–Kier alpha value is -1.75. The number of nitrogens with zero attached hydrogens (tertiary/aromatic N) is 1. The van der Waals surface area contributed by atoms with E-state index < -0.39 is 0 Å². The third-order valence-corrected chi connectivity index (χ3v) is 3.97. The zero-order valence-corrected chi connectivity index (χ0v) is 13.5. The predicted molar refractivity (Wildman–Crippen MR) is 87.2 cm³/mol. The number of carbonyl (C=O) groups excluding carboxylic acids is 2. The highest BCUT2D eigenvalue weighted by molar-refractivity contribution is 6.30. The van der Waals surface area contributed by atoms with Crippen molar-refractivity contribution in [1.29, 1.82) is 0 Å². The van der Waals surface area contributed by atoms with Gasteiger partial charge in [-0.25, -0.2) is 4.79 Å². The van der Waals surface area contributed by atoms with Crippen LogP contribution in [0, 0.1) is 0 Å². The molecule has 1 saturated heterocycles. The van der Waals surface area contributed by atoms with Crippen molar-refractivity contribution in [3.05, 3.63) is 34.9 Å². The molecule has 0 bridgehead atoms. The second-order valence-electron chi connectivity index (χ2n) is 5.48. The molecule has 0 unspecified atom stereocenters. The molecular formula is C16H22ClN3O2. The summed E-state index contributed by atoms with van der Waals surface area (Å²) in [6, 6.07) is 6.99. The number of carbonyl (C=O) groups is 2. The molecule has 5 nitrogen and oxygen atoms in total. The number of likely N-dealkylation sites (tertiary alicyclic amines) is 1. The zero-order chi connectivity index (χ0) is 15.9. The van der Waals surface area contributed by atoms with Gasteiger partial charge in [0, 0.05) is 36.3 Å². The number of piperidine rings is 1. The minimum absolute atomic E-state index is 0.0125. The number of amides is 3. The molecule has 0 aliphatic carbocycles. The minimum atomic E-state index is -0.114. The standard InChI is InChI=1S/C16H22ClN3O2/c1-2-8-18-16(22)20-9-6-14(7-10-20)19-15(21)12-4-3-5-13(17)11-12/h3-5,11,14H,2,6-10H2,1H3,(H,18,22)(H,19,21). The summed E-state index contributed by atoms with van der Waals surface area (Å²) in [6.07, 6.45) is 2.47. The van der Waals surface area contributed by atoms with Crippen molar-refractivity contribution in [1.82, 2.24) is 15.5 Å². The molecule has 1 aromatic rings. The maximum absolute atomic E-state index is 12.2. The third kappa shape index (κ3) is 4.63. The third-order valence-electron chi connectivity index (χ3n) is 3.73. The first-order valence-corrected chi connectivity index (χ1v) is 8.07. The molecular weight excluding hydrogens is 302 g/mol. The molecule has 0 spiro atoms. The normalized spacial score (nSPS) is 15.5. The van der Waals surface area contributed by atoms with Crippen LogP contribution in [-0.4, -0.2) is 42.5 Å². The molecule has 2 N–H and O–H groups in total. The van der Waals surface area contributed by atoms with E-state index in [2.05, 4.69) is 10.6 Å². The van der Waals surface area contributed by atoms with Gasteiger partial charge in [-0.2, -0.15) is 0 Å². The van der Waals surface area contributed by atoms with Crippen LogP contribution in [0.1, 0.15) is 36.5 Å². The molecule has 0 radical (unpaired) electrons. The summed E-state index contributed by atoms with van der Waals surface area (Å²) >= 11 is 5.90. The first-order valence-electron chi connectivity index (χ1n) is 7.69. The molecule has 1 heterocycles. The number of benzene rings is 1. The minimum Gasteiger partial charge on any atom is -0.349 e. The quantitative estimate of drug-likeness (QED) is 0.895. The van der Waals surface area contributed by atoms with E-state index in [1.54, 1.807) is 29.2 Å². The Bertz CT molecular complexity index is 528. The monoisotopic (exact) mass is 323 g/mol. The van der Waals surface area contributed by atoms with Crippen molar-refractivity contribution in [3.8, 4) is 0 Å². The molecule has 1 aromatic carbocycles. The lowest BCUT2D eigenvalue weighted by Crippen LogP contribution is -2.49. The smallest absolute Gasteiger partial charge is 0.317 e. The van der Waals surface area contributed by atoms with E-state index in [-0.39, 0.29) is 18.0 Å². The van der Waals surface area contributed by atoms with Crippen LogP contribution >= 0.6 is 11.6 Å². The number of halogens is 1. The van der Waals surface area contributed by atoms with Gasteiger partial charge in [-0.05, 0) is 37.5 Å². The molecule has 6 heteroatoms. The van der Waals surface area contributed by atoms with Crippen molar-refractivity contribution in [2.75, 3.05) is 19.6 Å². The van der Waals surface area contributed by atoms with Gasteiger partial charge < -0.3 is 15.5 Å². The molecule has 2 rings (SSSR count). The van der Waals surface area contributed by atoms with Gasteiger partial charge in [-0.15, -0.1) is 0 Å². The summed E-state index contributed by atoms with van der Waals surface area (Å²) in [5, 5.41) is 6.43. The highest BCUT2D eigenvalue weighted by atomic mass is 35.5. The lowest BCUT2D eigenvalue weighted by atomic mass is 10.0. The summed E-state index contributed by atoms with van der Waals surface area (Å²) in [6.45, 7) is 4.05. The van der Waals surface area contributed by atoms with E-state index >= 15 is 0 Å². The van der Waals surface area contributed by atoms with Crippen LogP contribution in [0.15, 0.2) is 24.3 Å². The number of hydrogen-bond donors (Lipinski definition) is 2. The lowest BCUT2D eigenvalue weighted by Gasteiger charge is -2.32. The first kappa shape index (κ1) is 16.6. The van der Waals surface area contributed by atoms with Crippen LogP contribution in [0.4, 0.5) is 4.79 Å². The van der Waals surface area contributed by atoms with E-state index in [1.165, 1.54) is 0 Å². The average molecular weight is 324 g/mol. The largest absolute Gasteiger partial charge is 0.349 e. The predicted octanol–water partition coefficient (Wildman–Crippen LogP) is 2.65. The fraction of sp³-hybridized carbons (Fsp3) is 0.500. The zero-order valence-electron chi connectivity index (χ0n) is 12.8. The van der Waals surface area contributed by atoms with Crippen molar-refractivity contribution in [2.24, 2.45) is 0 Å². The van der Waals surface area contributed by atoms with Crippen LogP contribution < -0.4 is 10.6 Å². The molecule has 0 aromatic heterocycles. The molecule has 0 atom stereocenters. The highest BCUT2D eigenvalue weighted by Crippen LogP contribution is 2.14. The summed E-state index contributed by atoms with van der Waals surface area (Å²) in [4.78, 5) is 25.8. The van der Waals surface area contributed by atoms with E-state index in [9.17, 15) is 9.59 Å². The van der Waals surface area contributed by atoms with Gasteiger partial charge in [0.2, 0.25) is 0 Å². The maximum atomic E-state index is 12.2. The van der Waals surface area contributed by atoms with Crippen molar-refractivity contribution >= 4 is 23.5 Å². The van der Waals surface area contributed by atoms with E-state index in [0.717, 1.165) is 19.3 Å². The average Bonchev–Trinajstić information content (AvgIpc) is 2.53. The molecule has 1 aliphatic rings. The van der Waals surface area contributed by atoms with E-state index in [1.807, 2.05) is 6.92 Å². The summed E-state index contributed by atoms with van der Waals surface area (Å²) in [5.74, 6) is -0.114. The Morgan fingerprint density at radius 1 is 1.32 bits per heavy atom. The van der Waals surface area contributed by atoms with Crippen LogP contribution in [0.2, 0.25) is 5.02 Å². The van der Waals surface area contributed by atoms with Gasteiger partial charge in [0.15, 0.2) is 0 Å². The Morgan fingerprint density at radius 3 is 2.68 bits per heavy atom. The number of hydrogen-bond acceptors (Lipinski definition) is 2. The molecule has 3 amide bonds. The summed E-state index contributed by atoms with van der Waals surface area (Å²) in [5.41, 5.74) is 0.565. The van der Waals surface area contributed by atoms with E-state index in [4.69, 9.17) is 11.6 Å². The fourth-order valence-corrected chi connectivity index (χ4v) is 2.66. The second kappa shape index (κ2) is 8.03. The molecule has 1 fully saturated rings. The Labute approximate surface area is 136 Å². The topological polar surface area (TPSA) is 61.4 Å². The number of nitrogens with one attached hydrogen (secondary N) is 2. The van der Waals surface area contributed by atoms with Gasteiger partial charge in [0.25, 0.3) is 5.91 Å². The van der Waals surface area contributed by atoms with Gasteiger partial charge >= 0.3 is 6.03 Å². The summed E-state index contributed by atoms with van der Waals surface area (Å²) < 4.78 is 0. The summed E-state index contributed by atoms with van der Waals surface area (Å²) in [7, 11) is 0. The van der Waals surface area contributed by atoms with Crippen LogP contribution in [0.5, 0.6) is 0 Å². The highest BCUT2D eigenvalue weighted by Gasteiger charge is 2.23. The van der Waals surface area contributed by atoms with Crippen LogP contribution in [0.3, 0.4) is 0 Å². The van der Waals surface area contributed by atoms with Gasteiger partial charge in [0.05, 0.1) is 0 Å². The van der Waals surface area contributed by atoms with Crippen LogP contribution in [-0.2, 0) is 0 Å². The van der Waals surface area contributed by atoms with Gasteiger partial charge in [-0.1, -0.05) is 24.6 Å². The fourth-order valence-electron chi connectivity index (χ4n) is 2.47. The molecule has 22 heavy (non-hydrogen) atoms. The Balaban J connectivity index is 1.80. The first-order chi connectivity index (χ1) is 10.6. The maximum Gasteiger partial charge on any atom is 0.317 e. The SMILES string of the molecule is CCCNC(=O)N1CCC(NC(=O)c2cccc(Cl)c2)CC1. The molecule has 1 aliphatic heterocycles. The van der Waals surface area contributed by atoms with Crippen molar-refractivity contribution in [3.63, 3.8) is 0 Å². The van der Waals surface area contributed by atoms with Crippen LogP contribution in [0.25, 0.3) is 0 Å². The Morgan fingerprint density at radius 2 is 2.05 bits per heavy atom. The van der Waals surface area contributed by atoms with Gasteiger partial charge in [-0.3, -0.25) is 4.79 Å². The van der Waals surface area contributed by atoms with Gasteiger partial charge in [0.1, 0.15) is 0 Å². The number of urea groups is 1. The van der Waals surface area contributed by atoms with E-state index in [0.29, 0.717) is 30.2 Å². The Kier molecular flexibility index (Phi) is 6.07. The van der Waals surface area contributed by atoms with Crippen molar-refractivity contribution < 1.29 is 9.59 Å². The number of rotatable bonds is 4. The second-order valence-corrected chi connectivity index (χ2v) is 5.91.